The van der Waals surface area contributed by atoms with Crippen molar-refractivity contribution in [1.29, 1.82) is 0 Å². The highest BCUT2D eigenvalue weighted by Crippen LogP contribution is 2.33. The van der Waals surface area contributed by atoms with Gasteiger partial charge in [0.05, 0.1) is 6.26 Å². The van der Waals surface area contributed by atoms with E-state index < -0.39 is 11.6 Å². The van der Waals surface area contributed by atoms with Gasteiger partial charge in [0.1, 0.15) is 24.8 Å². The van der Waals surface area contributed by atoms with Crippen LogP contribution >= 0.6 is 0 Å². The molecule has 0 N–H and O–H groups in total. The maximum absolute atomic E-state index is 14.6. The summed E-state index contributed by atoms with van der Waals surface area (Å²) in [6, 6.07) is 12.7. The van der Waals surface area contributed by atoms with E-state index in [1.807, 2.05) is 12.1 Å². The predicted molar refractivity (Wildman–Crippen MR) is 130 cm³/mol. The largest absolute Gasteiger partial charge is 0.486 e. The Kier molecular flexibility index (Phi) is 7.23. The summed E-state index contributed by atoms with van der Waals surface area (Å²) < 4.78 is 44.7. The predicted octanol–water partition coefficient (Wildman–Crippen LogP) is 4.92. The summed E-state index contributed by atoms with van der Waals surface area (Å²) >= 11 is 0. The summed E-state index contributed by atoms with van der Waals surface area (Å²) in [7, 11) is 1.73. The van der Waals surface area contributed by atoms with E-state index in [0.29, 0.717) is 25.2 Å². The number of hydrogen-bond donors (Lipinski definition) is 0. The van der Waals surface area contributed by atoms with E-state index in [1.165, 1.54) is 18.4 Å². The minimum atomic E-state index is -0.611. The van der Waals surface area contributed by atoms with Gasteiger partial charge in [-0.25, -0.2) is 8.78 Å². The second-order valence-electron chi connectivity index (χ2n) is 9.49. The molecule has 36 heavy (non-hydrogen) atoms. The van der Waals surface area contributed by atoms with Crippen molar-refractivity contribution >= 4 is 5.91 Å². The zero-order valence-corrected chi connectivity index (χ0v) is 20.3. The zero-order chi connectivity index (χ0) is 25.1. The molecular formula is C28H30F2N2O4. The molecule has 2 aliphatic heterocycles. The summed E-state index contributed by atoms with van der Waals surface area (Å²) in [5.74, 6) is 0.534. The van der Waals surface area contributed by atoms with Gasteiger partial charge >= 0.3 is 0 Å². The van der Waals surface area contributed by atoms with Crippen molar-refractivity contribution in [3.8, 4) is 11.5 Å². The molecule has 6 nitrogen and oxygen atoms in total. The lowest BCUT2D eigenvalue weighted by Crippen LogP contribution is -2.47. The molecule has 3 heterocycles. The second-order valence-corrected chi connectivity index (χ2v) is 9.49. The number of likely N-dealkylation sites (N-methyl/N-ethyl adjacent to an activating group) is 1. The molecule has 0 saturated carbocycles. The molecule has 5 rings (SSSR count). The summed E-state index contributed by atoms with van der Waals surface area (Å²) in [4.78, 5) is 17.1. The van der Waals surface area contributed by atoms with Gasteiger partial charge in [-0.15, -0.1) is 0 Å². The monoisotopic (exact) mass is 496 g/mol. The van der Waals surface area contributed by atoms with Gasteiger partial charge < -0.3 is 18.8 Å². The zero-order valence-electron chi connectivity index (χ0n) is 20.3. The van der Waals surface area contributed by atoms with E-state index in [0.717, 1.165) is 55.6 Å². The Morgan fingerprint density at radius 3 is 2.56 bits per heavy atom. The van der Waals surface area contributed by atoms with Crippen LogP contribution in [0.15, 0.2) is 59.2 Å². The minimum Gasteiger partial charge on any atom is -0.486 e. The quantitative estimate of drug-likeness (QED) is 0.465. The average molecular weight is 497 g/mol. The smallest absolute Gasteiger partial charge is 0.289 e. The molecule has 0 aliphatic carbocycles. The van der Waals surface area contributed by atoms with E-state index in [1.54, 1.807) is 24.1 Å². The van der Waals surface area contributed by atoms with Crippen LogP contribution < -0.4 is 9.47 Å². The fourth-order valence-corrected chi connectivity index (χ4v) is 5.20. The number of rotatable bonds is 7. The average Bonchev–Trinajstić information content (AvgIpc) is 3.43. The number of nitrogens with zero attached hydrogens (tertiary/aromatic N) is 2. The Balaban J connectivity index is 1.28. The van der Waals surface area contributed by atoms with Crippen molar-refractivity contribution in [1.82, 2.24) is 9.80 Å². The van der Waals surface area contributed by atoms with E-state index in [4.69, 9.17) is 13.9 Å². The Morgan fingerprint density at radius 1 is 1.06 bits per heavy atom. The molecule has 1 fully saturated rings. The number of fused-ring (bicyclic) bond motifs is 1. The topological polar surface area (TPSA) is 55.2 Å². The number of amides is 1. The molecule has 0 bridgehead atoms. The number of hydrogen-bond acceptors (Lipinski definition) is 5. The van der Waals surface area contributed by atoms with E-state index in [9.17, 15) is 13.6 Å². The molecule has 1 unspecified atom stereocenters. The molecule has 2 aliphatic rings. The number of likely N-dealkylation sites (tertiary alicyclic amines) is 1. The lowest BCUT2D eigenvalue weighted by molar-refractivity contribution is 0.0554. The molecular weight excluding hydrogens is 466 g/mol. The molecule has 3 aromatic rings. The first-order chi connectivity index (χ1) is 17.5. The number of furan rings is 1. The number of benzene rings is 2. The molecule has 0 radical (unpaired) electrons. The van der Waals surface area contributed by atoms with Gasteiger partial charge in [0, 0.05) is 25.7 Å². The first kappa shape index (κ1) is 24.3. The number of carbonyl (C=O) groups excluding carboxylic acids is 1. The number of carbonyl (C=O) groups is 1. The molecule has 0 spiro atoms. The SMILES string of the molecule is CN(C(=O)c1ccco1)C(Cc1ccc(F)cc1F)C1CCN(Cc2ccc3c(c2)OCCO3)CC1. The van der Waals surface area contributed by atoms with Crippen molar-refractivity contribution in [3.05, 3.63) is 83.3 Å². The van der Waals surface area contributed by atoms with Crippen LogP contribution in [0, 0.1) is 17.6 Å². The fourth-order valence-electron chi connectivity index (χ4n) is 5.20. The number of piperidine rings is 1. The summed E-state index contributed by atoms with van der Waals surface area (Å²) in [5, 5.41) is 0. The third-order valence-corrected chi connectivity index (χ3v) is 7.18. The Bertz CT molecular complexity index is 1190. The minimum absolute atomic E-state index is 0.162. The first-order valence-electron chi connectivity index (χ1n) is 12.3. The maximum Gasteiger partial charge on any atom is 0.289 e. The standard InChI is InChI=1S/C28H30F2N2O4/c1-31(28(33)26-3-2-12-34-26)24(16-21-5-6-22(29)17-23(21)30)20-8-10-32(11-9-20)18-19-4-7-25-27(15-19)36-14-13-35-25/h2-7,12,15,17,20,24H,8-11,13-14,16,18H2,1H3. The first-order valence-corrected chi connectivity index (χ1v) is 12.3. The van der Waals surface area contributed by atoms with Gasteiger partial charge in [-0.2, -0.15) is 0 Å². The van der Waals surface area contributed by atoms with Crippen LogP contribution in [0.3, 0.4) is 0 Å². The van der Waals surface area contributed by atoms with Crippen LogP contribution in [0.1, 0.15) is 34.5 Å². The molecule has 1 aromatic heterocycles. The third kappa shape index (κ3) is 5.38. The van der Waals surface area contributed by atoms with Gasteiger partial charge in [0.15, 0.2) is 17.3 Å². The number of ether oxygens (including phenoxy) is 2. The highest BCUT2D eigenvalue weighted by atomic mass is 19.1. The van der Waals surface area contributed by atoms with Gasteiger partial charge in [-0.3, -0.25) is 9.69 Å². The highest BCUT2D eigenvalue weighted by Gasteiger charge is 2.33. The molecule has 190 valence electrons. The number of halogens is 2. The Labute approximate surface area is 209 Å². The maximum atomic E-state index is 14.6. The van der Waals surface area contributed by atoms with Crippen LogP contribution in [-0.4, -0.2) is 55.1 Å². The summed E-state index contributed by atoms with van der Waals surface area (Å²) in [6.45, 7) is 3.62. The Morgan fingerprint density at radius 2 is 1.83 bits per heavy atom. The summed E-state index contributed by atoms with van der Waals surface area (Å²) in [6.07, 6.45) is 3.48. The van der Waals surface area contributed by atoms with Crippen molar-refractivity contribution in [2.24, 2.45) is 5.92 Å². The third-order valence-electron chi connectivity index (χ3n) is 7.18. The van der Waals surface area contributed by atoms with Crippen LogP contribution in [0.4, 0.5) is 8.78 Å². The van der Waals surface area contributed by atoms with Crippen LogP contribution in [0.2, 0.25) is 0 Å². The molecule has 1 saturated heterocycles. The second kappa shape index (κ2) is 10.7. The molecule has 8 heteroatoms. The highest BCUT2D eigenvalue weighted by molar-refractivity contribution is 5.91. The van der Waals surface area contributed by atoms with E-state index in [-0.39, 0.29) is 23.6 Å². The Hall–Kier alpha value is -3.39. The van der Waals surface area contributed by atoms with Crippen LogP contribution in [-0.2, 0) is 13.0 Å². The lowest BCUT2D eigenvalue weighted by atomic mass is 9.84. The van der Waals surface area contributed by atoms with Gasteiger partial charge in [-0.05, 0) is 79.7 Å². The molecule has 2 aromatic carbocycles. The van der Waals surface area contributed by atoms with Crippen molar-refractivity contribution in [2.45, 2.75) is 31.8 Å². The normalized spacial score (nSPS) is 17.1. The van der Waals surface area contributed by atoms with Gasteiger partial charge in [0.25, 0.3) is 5.91 Å². The van der Waals surface area contributed by atoms with Crippen molar-refractivity contribution < 1.29 is 27.5 Å². The fraction of sp³-hybridized carbons (Fsp3) is 0.393. The van der Waals surface area contributed by atoms with Crippen LogP contribution in [0.5, 0.6) is 11.5 Å². The summed E-state index contributed by atoms with van der Waals surface area (Å²) in [5.41, 5.74) is 1.56. The molecule has 1 amide bonds. The van der Waals surface area contributed by atoms with E-state index in [2.05, 4.69) is 11.0 Å². The van der Waals surface area contributed by atoms with E-state index >= 15 is 0 Å². The van der Waals surface area contributed by atoms with Gasteiger partial charge in [-0.1, -0.05) is 12.1 Å². The van der Waals surface area contributed by atoms with Crippen molar-refractivity contribution in [3.63, 3.8) is 0 Å². The van der Waals surface area contributed by atoms with Crippen LogP contribution in [0.25, 0.3) is 0 Å². The van der Waals surface area contributed by atoms with Gasteiger partial charge in [0.2, 0.25) is 0 Å². The van der Waals surface area contributed by atoms with Crippen molar-refractivity contribution in [2.75, 3.05) is 33.4 Å². The lowest BCUT2D eigenvalue weighted by Gasteiger charge is -2.40. The molecule has 1 atom stereocenters.